The largest absolute Gasteiger partial charge is 0.390 e. The minimum Gasteiger partial charge on any atom is -0.390 e. The molecule has 7 heteroatoms. The summed E-state index contributed by atoms with van der Waals surface area (Å²) in [5.74, 6) is 0.132. The van der Waals surface area contributed by atoms with Crippen molar-refractivity contribution in [2.24, 2.45) is 22.6 Å². The topological polar surface area (TPSA) is 108 Å². The number of benzene rings is 1. The molecule has 1 aliphatic heterocycles. The molecular formula is C22H30N4O3. The van der Waals surface area contributed by atoms with E-state index in [4.69, 9.17) is 5.73 Å². The van der Waals surface area contributed by atoms with Crippen molar-refractivity contribution in [2.75, 3.05) is 6.54 Å². The Hall–Kier alpha value is -2.41. The fourth-order valence-corrected chi connectivity index (χ4v) is 4.71. The lowest BCUT2D eigenvalue weighted by Gasteiger charge is -2.36. The molecule has 3 aliphatic rings. The summed E-state index contributed by atoms with van der Waals surface area (Å²) in [6, 6.07) is 7.45. The minimum absolute atomic E-state index is 0.00704. The Morgan fingerprint density at radius 2 is 2.07 bits per heavy atom. The van der Waals surface area contributed by atoms with E-state index in [0.29, 0.717) is 19.4 Å². The molecule has 1 aromatic carbocycles. The second-order valence-corrected chi connectivity index (χ2v) is 8.64. The third-order valence-corrected chi connectivity index (χ3v) is 6.90. The number of carbonyl (C=O) groups excluding carboxylic acids is 2. The highest BCUT2D eigenvalue weighted by atomic mass is 16.3. The average Bonchev–Trinajstić information content (AvgIpc) is 3.41. The van der Waals surface area contributed by atoms with Crippen molar-refractivity contribution < 1.29 is 14.7 Å². The maximum atomic E-state index is 12.7. The maximum absolute atomic E-state index is 12.7. The van der Waals surface area contributed by atoms with Gasteiger partial charge in [0.1, 0.15) is 0 Å². The number of hydrogen-bond acceptors (Lipinski definition) is 5. The molecule has 0 bridgehead atoms. The summed E-state index contributed by atoms with van der Waals surface area (Å²) in [6.45, 7) is 4.49. The lowest BCUT2D eigenvalue weighted by molar-refractivity contribution is -0.130. The van der Waals surface area contributed by atoms with Gasteiger partial charge in [-0.1, -0.05) is 38.1 Å². The van der Waals surface area contributed by atoms with Crippen LogP contribution in [-0.2, 0) is 16.0 Å². The number of nitrogens with zero attached hydrogens (tertiary/aromatic N) is 2. The van der Waals surface area contributed by atoms with Gasteiger partial charge in [0.15, 0.2) is 5.96 Å². The molecule has 0 spiro atoms. The van der Waals surface area contributed by atoms with Gasteiger partial charge in [0.25, 0.3) is 0 Å². The Morgan fingerprint density at radius 3 is 2.76 bits per heavy atom. The highest BCUT2D eigenvalue weighted by Crippen LogP contribution is 2.41. The predicted octanol–water partition coefficient (Wildman–Crippen LogP) is 1.50. The number of nitrogens with one attached hydrogen (secondary N) is 1. The van der Waals surface area contributed by atoms with E-state index in [1.807, 2.05) is 38.1 Å². The van der Waals surface area contributed by atoms with Gasteiger partial charge in [-0.15, -0.1) is 0 Å². The molecule has 4 rings (SSSR count). The van der Waals surface area contributed by atoms with Crippen LogP contribution in [0.2, 0.25) is 0 Å². The van der Waals surface area contributed by atoms with Crippen molar-refractivity contribution in [3.05, 3.63) is 35.4 Å². The van der Waals surface area contributed by atoms with Crippen LogP contribution in [0.5, 0.6) is 0 Å². The zero-order valence-corrected chi connectivity index (χ0v) is 17.1. The number of hydrogen-bond donors (Lipinski definition) is 3. The fourth-order valence-electron chi connectivity index (χ4n) is 4.71. The third kappa shape index (κ3) is 3.64. The van der Waals surface area contributed by atoms with Crippen LogP contribution in [0, 0.1) is 11.8 Å². The molecule has 4 atom stereocenters. The number of aliphatic imine (C=N–C) groups is 1. The molecule has 2 aliphatic carbocycles. The summed E-state index contributed by atoms with van der Waals surface area (Å²) in [5.41, 5.74) is 7.80. The van der Waals surface area contributed by atoms with E-state index >= 15 is 0 Å². The van der Waals surface area contributed by atoms with Gasteiger partial charge in [-0.3, -0.25) is 14.5 Å². The van der Waals surface area contributed by atoms with E-state index in [1.54, 1.807) is 4.90 Å². The number of carbonyl (C=O) groups is 2. The lowest BCUT2D eigenvalue weighted by Crippen LogP contribution is -2.52. The second-order valence-electron chi connectivity index (χ2n) is 8.64. The zero-order chi connectivity index (χ0) is 20.8. The van der Waals surface area contributed by atoms with Crippen LogP contribution in [0.15, 0.2) is 29.3 Å². The van der Waals surface area contributed by atoms with Gasteiger partial charge in [0.2, 0.25) is 11.8 Å². The summed E-state index contributed by atoms with van der Waals surface area (Å²) in [4.78, 5) is 31.6. The van der Waals surface area contributed by atoms with Crippen LogP contribution >= 0.6 is 0 Å². The monoisotopic (exact) mass is 398 g/mol. The smallest absolute Gasteiger partial charge is 0.231 e. The van der Waals surface area contributed by atoms with Crippen molar-refractivity contribution in [2.45, 2.75) is 63.6 Å². The van der Waals surface area contributed by atoms with Crippen LogP contribution in [0.1, 0.15) is 56.7 Å². The quantitative estimate of drug-likeness (QED) is 0.675. The average molecular weight is 399 g/mol. The molecular weight excluding hydrogens is 368 g/mol. The molecule has 1 saturated carbocycles. The lowest BCUT2D eigenvalue weighted by atomic mass is 9.88. The van der Waals surface area contributed by atoms with Crippen LogP contribution in [0.4, 0.5) is 0 Å². The summed E-state index contributed by atoms with van der Waals surface area (Å²) in [7, 11) is 0. The van der Waals surface area contributed by atoms with Gasteiger partial charge in [-0.05, 0) is 36.3 Å². The Morgan fingerprint density at radius 1 is 1.34 bits per heavy atom. The highest BCUT2D eigenvalue weighted by molar-refractivity contribution is 5.99. The summed E-state index contributed by atoms with van der Waals surface area (Å²) >= 11 is 0. The molecule has 0 saturated heterocycles. The van der Waals surface area contributed by atoms with Gasteiger partial charge in [0.05, 0.1) is 24.1 Å². The van der Waals surface area contributed by atoms with Crippen molar-refractivity contribution in [1.29, 1.82) is 0 Å². The molecule has 1 heterocycles. The van der Waals surface area contributed by atoms with Crippen LogP contribution < -0.4 is 11.1 Å². The van der Waals surface area contributed by atoms with Gasteiger partial charge >= 0.3 is 0 Å². The third-order valence-electron chi connectivity index (χ3n) is 6.90. The molecule has 1 aromatic rings. The molecule has 2 amide bonds. The highest BCUT2D eigenvalue weighted by Gasteiger charge is 2.47. The number of nitrogens with two attached hydrogens (primary N) is 1. The Kier molecular flexibility index (Phi) is 5.11. The van der Waals surface area contributed by atoms with Gasteiger partial charge in [-0.25, -0.2) is 4.99 Å². The molecule has 29 heavy (non-hydrogen) atoms. The molecule has 7 nitrogen and oxygen atoms in total. The van der Waals surface area contributed by atoms with E-state index in [2.05, 4.69) is 10.3 Å². The number of aliphatic hydroxyl groups excluding tert-OH is 1. The van der Waals surface area contributed by atoms with E-state index in [-0.39, 0.29) is 41.2 Å². The van der Waals surface area contributed by atoms with E-state index < -0.39 is 6.10 Å². The number of guanidine groups is 1. The van der Waals surface area contributed by atoms with Crippen molar-refractivity contribution in [1.82, 2.24) is 10.2 Å². The number of rotatable bonds is 6. The Bertz CT molecular complexity index is 848. The number of aliphatic hydroxyl groups is 1. The van der Waals surface area contributed by atoms with Gasteiger partial charge < -0.3 is 16.2 Å². The summed E-state index contributed by atoms with van der Waals surface area (Å²) in [5, 5.41) is 13.4. The normalized spacial score (nSPS) is 30.0. The zero-order valence-electron chi connectivity index (χ0n) is 17.1. The van der Waals surface area contributed by atoms with Crippen LogP contribution in [-0.4, -0.2) is 46.0 Å². The van der Waals surface area contributed by atoms with E-state index in [1.165, 1.54) is 0 Å². The molecule has 156 valence electrons. The van der Waals surface area contributed by atoms with Crippen molar-refractivity contribution in [3.8, 4) is 0 Å². The fraction of sp³-hybridized carbons (Fsp3) is 0.591. The van der Waals surface area contributed by atoms with E-state index in [9.17, 15) is 14.7 Å². The summed E-state index contributed by atoms with van der Waals surface area (Å²) < 4.78 is 0. The second kappa shape index (κ2) is 7.44. The van der Waals surface area contributed by atoms with Crippen molar-refractivity contribution >= 4 is 17.8 Å². The molecule has 0 aromatic heterocycles. The van der Waals surface area contributed by atoms with Crippen molar-refractivity contribution in [3.63, 3.8) is 0 Å². The first-order valence-corrected chi connectivity index (χ1v) is 10.6. The maximum Gasteiger partial charge on any atom is 0.231 e. The number of amides is 2. The first-order valence-electron chi connectivity index (χ1n) is 10.6. The molecule has 4 unspecified atom stereocenters. The Balaban J connectivity index is 1.37. The molecule has 1 fully saturated rings. The first-order chi connectivity index (χ1) is 13.9. The van der Waals surface area contributed by atoms with Crippen LogP contribution in [0.3, 0.4) is 0 Å². The van der Waals surface area contributed by atoms with Gasteiger partial charge in [-0.2, -0.15) is 0 Å². The standard InChI is InChI=1S/C22H30N4O3/c1-3-22(4-2)11-18(28)26(21(23)25-22)12-14-9-16(14)20(29)24-19-15-8-6-5-7-13(15)10-17(19)27/h5-8,14,16-17,19,27H,3-4,9-12H2,1-2H3,(H2,23,25)(H,24,29). The predicted molar refractivity (Wildman–Crippen MR) is 110 cm³/mol. The number of fused-ring (bicyclic) bond motifs is 1. The van der Waals surface area contributed by atoms with E-state index in [0.717, 1.165) is 30.4 Å². The first kappa shape index (κ1) is 19.9. The molecule has 4 N–H and O–H groups in total. The Labute approximate surface area is 171 Å². The summed E-state index contributed by atoms with van der Waals surface area (Å²) in [6.07, 6.45) is 2.61. The SMILES string of the molecule is CCC1(CC)CC(=O)N(CC2CC2C(=O)NC2c3ccccc3CC2O)C(N)=N1. The van der Waals surface area contributed by atoms with Gasteiger partial charge in [0, 0.05) is 18.9 Å². The van der Waals surface area contributed by atoms with Crippen LogP contribution in [0.25, 0.3) is 0 Å². The minimum atomic E-state index is -0.601. The molecule has 0 radical (unpaired) electrons.